The molecule has 1 heterocycles. The Balaban J connectivity index is 1.89. The van der Waals surface area contributed by atoms with Crippen LogP contribution in [0.5, 0.6) is 0 Å². The van der Waals surface area contributed by atoms with E-state index < -0.39 is 18.0 Å². The summed E-state index contributed by atoms with van der Waals surface area (Å²) in [5.41, 5.74) is 7.06. The van der Waals surface area contributed by atoms with Crippen LogP contribution in [0.4, 0.5) is 4.79 Å². The van der Waals surface area contributed by atoms with Gasteiger partial charge in [-0.25, -0.2) is 4.79 Å². The van der Waals surface area contributed by atoms with Crippen molar-refractivity contribution in [3.8, 4) is 0 Å². The highest BCUT2D eigenvalue weighted by Crippen LogP contribution is 2.24. The number of thioether (sulfide) groups is 1. The third-order valence-electron chi connectivity index (χ3n) is 7.59. The van der Waals surface area contributed by atoms with Gasteiger partial charge in [-0.1, -0.05) is 50.1 Å². The van der Waals surface area contributed by atoms with Crippen molar-refractivity contribution in [3.63, 3.8) is 0 Å². The Hall–Kier alpha value is -3.21. The zero-order valence-corrected chi connectivity index (χ0v) is 26.1. The summed E-state index contributed by atoms with van der Waals surface area (Å²) < 4.78 is 0. The molecular formula is C31H46N4O6S. The minimum atomic E-state index is -0.758. The number of carbonyl (C=O) groups is 6. The summed E-state index contributed by atoms with van der Waals surface area (Å²) >= 11 is 1.39. The Bertz CT molecular complexity index is 1110. The predicted octanol–water partition coefficient (Wildman–Crippen LogP) is 3.32. The Morgan fingerprint density at radius 1 is 1.05 bits per heavy atom. The number of benzene rings is 1. The Morgan fingerprint density at radius 3 is 2.33 bits per heavy atom. The molecular weight excluding hydrogens is 556 g/mol. The van der Waals surface area contributed by atoms with E-state index in [0.717, 1.165) is 11.1 Å². The molecule has 1 aromatic rings. The van der Waals surface area contributed by atoms with Gasteiger partial charge in [0.25, 0.3) is 0 Å². The third-order valence-corrected chi connectivity index (χ3v) is 8.52. The van der Waals surface area contributed by atoms with Crippen molar-refractivity contribution in [3.05, 3.63) is 35.4 Å². The van der Waals surface area contributed by atoms with Gasteiger partial charge in [0.1, 0.15) is 5.78 Å². The number of hydrogen-bond acceptors (Lipinski definition) is 7. The minimum absolute atomic E-state index is 0.0344. The number of amides is 5. The second-order valence-corrected chi connectivity index (χ2v) is 12.4. The molecule has 232 valence electrons. The number of nitrogens with zero attached hydrogens (tertiary/aromatic N) is 1. The summed E-state index contributed by atoms with van der Waals surface area (Å²) in [6.45, 7) is 6.37. The fourth-order valence-corrected chi connectivity index (χ4v) is 5.60. The molecule has 2 rings (SSSR count). The highest BCUT2D eigenvalue weighted by molar-refractivity contribution is 8.00. The molecule has 1 unspecified atom stereocenters. The van der Waals surface area contributed by atoms with E-state index in [9.17, 15) is 28.8 Å². The lowest BCUT2D eigenvalue weighted by Crippen LogP contribution is -2.46. The molecule has 1 fully saturated rings. The lowest BCUT2D eigenvalue weighted by Gasteiger charge is -2.24. The summed E-state index contributed by atoms with van der Waals surface area (Å²) in [7, 11) is 0. The van der Waals surface area contributed by atoms with Gasteiger partial charge in [0.05, 0.1) is 11.3 Å². The van der Waals surface area contributed by atoms with Gasteiger partial charge in [-0.15, -0.1) is 0 Å². The van der Waals surface area contributed by atoms with E-state index >= 15 is 0 Å². The Labute approximate surface area is 253 Å². The number of nitrogens with two attached hydrogens (primary N) is 1. The van der Waals surface area contributed by atoms with Gasteiger partial charge in [-0.2, -0.15) is 11.8 Å². The molecule has 1 aromatic carbocycles. The van der Waals surface area contributed by atoms with Crippen LogP contribution in [0.25, 0.3) is 0 Å². The van der Waals surface area contributed by atoms with Crippen LogP contribution in [-0.4, -0.2) is 70.9 Å². The van der Waals surface area contributed by atoms with Crippen molar-refractivity contribution in [1.29, 1.82) is 0 Å². The first-order valence-electron chi connectivity index (χ1n) is 14.7. The summed E-state index contributed by atoms with van der Waals surface area (Å²) in [6, 6.07) is 6.23. The quantitative estimate of drug-likeness (QED) is 0.162. The smallest absolute Gasteiger partial charge is 0.312 e. The number of primary amides is 1. The second kappa shape index (κ2) is 17.7. The molecule has 1 aliphatic rings. The number of ketones is 2. The SMILES string of the molecule is CSC1CC(=O)N(CCCCCC(=O)C[C@H](C(=O)N[C@@H](CCCNC(N)=O)C(=O)Cc2ccc(C)cc2)C(C)C)C1=O. The van der Waals surface area contributed by atoms with Crippen LogP contribution in [0, 0.1) is 18.8 Å². The molecule has 0 bridgehead atoms. The zero-order valence-electron chi connectivity index (χ0n) is 25.3. The van der Waals surface area contributed by atoms with Gasteiger partial charge < -0.3 is 16.4 Å². The van der Waals surface area contributed by atoms with E-state index in [1.54, 1.807) is 0 Å². The third kappa shape index (κ3) is 11.6. The number of likely N-dealkylation sites (tertiary alicyclic amines) is 1. The van der Waals surface area contributed by atoms with E-state index in [-0.39, 0.29) is 66.3 Å². The average Bonchev–Trinajstić information content (AvgIpc) is 3.21. The van der Waals surface area contributed by atoms with Gasteiger partial charge >= 0.3 is 6.03 Å². The summed E-state index contributed by atoms with van der Waals surface area (Å²) in [5, 5.41) is 5.11. The predicted molar refractivity (Wildman–Crippen MR) is 164 cm³/mol. The topological polar surface area (TPSA) is 156 Å². The van der Waals surface area contributed by atoms with E-state index in [0.29, 0.717) is 45.1 Å². The number of carbonyl (C=O) groups excluding carboxylic acids is 6. The standard InChI is InChI=1S/C31H46N4O6S/c1-20(2)24(18-23(36)9-6-5-7-16-35-28(38)19-27(42-4)30(35)40)29(39)34-25(10-8-15-33-31(32)41)26(37)17-22-13-11-21(3)12-14-22/h11-14,20,24-25,27H,5-10,15-19H2,1-4H3,(H,34,39)(H3,32,33,41)/t24-,25-,27?/m0/s1. The lowest BCUT2D eigenvalue weighted by atomic mass is 9.88. The number of hydrogen-bond donors (Lipinski definition) is 3. The van der Waals surface area contributed by atoms with Crippen molar-refractivity contribution >= 4 is 47.1 Å². The van der Waals surface area contributed by atoms with E-state index in [1.165, 1.54) is 16.7 Å². The molecule has 10 nitrogen and oxygen atoms in total. The van der Waals surface area contributed by atoms with E-state index in [2.05, 4.69) is 10.6 Å². The molecule has 0 radical (unpaired) electrons. The number of Topliss-reactive ketones (excluding diaryl/α,β-unsaturated/α-hetero) is 2. The molecule has 0 aromatic heterocycles. The highest BCUT2D eigenvalue weighted by Gasteiger charge is 2.37. The van der Waals surface area contributed by atoms with E-state index in [1.807, 2.05) is 51.3 Å². The monoisotopic (exact) mass is 602 g/mol. The summed E-state index contributed by atoms with van der Waals surface area (Å²) in [5.74, 6) is -1.48. The van der Waals surface area contributed by atoms with Crippen LogP contribution >= 0.6 is 11.8 Å². The highest BCUT2D eigenvalue weighted by atomic mass is 32.2. The van der Waals surface area contributed by atoms with Crippen LogP contribution in [0.3, 0.4) is 0 Å². The molecule has 11 heteroatoms. The zero-order chi connectivity index (χ0) is 31.2. The van der Waals surface area contributed by atoms with Crippen LogP contribution in [0.15, 0.2) is 24.3 Å². The van der Waals surface area contributed by atoms with Gasteiger partial charge in [0.15, 0.2) is 5.78 Å². The number of rotatable bonds is 19. The summed E-state index contributed by atoms with van der Waals surface area (Å²) in [6.07, 6.45) is 5.33. The molecule has 1 aliphatic heterocycles. The lowest BCUT2D eigenvalue weighted by molar-refractivity contribution is -0.138. The number of aryl methyl sites for hydroxylation is 1. The van der Waals surface area contributed by atoms with Crippen molar-refractivity contribution in [2.75, 3.05) is 19.3 Å². The van der Waals surface area contributed by atoms with Gasteiger partial charge in [0.2, 0.25) is 17.7 Å². The molecule has 1 saturated heterocycles. The van der Waals surface area contributed by atoms with Crippen LogP contribution in [0.1, 0.15) is 76.3 Å². The van der Waals surface area contributed by atoms with Crippen molar-refractivity contribution in [2.45, 2.75) is 89.9 Å². The molecule has 0 spiro atoms. The Morgan fingerprint density at radius 2 is 1.74 bits per heavy atom. The normalized spacial score (nSPS) is 16.4. The van der Waals surface area contributed by atoms with Crippen molar-refractivity contribution in [1.82, 2.24) is 15.5 Å². The molecule has 3 atom stereocenters. The van der Waals surface area contributed by atoms with Crippen LogP contribution in [-0.2, 0) is 30.4 Å². The molecule has 0 saturated carbocycles. The molecule has 0 aliphatic carbocycles. The second-order valence-electron chi connectivity index (χ2n) is 11.3. The maximum atomic E-state index is 13.3. The number of imide groups is 1. The van der Waals surface area contributed by atoms with Crippen molar-refractivity contribution in [2.24, 2.45) is 17.6 Å². The van der Waals surface area contributed by atoms with E-state index in [4.69, 9.17) is 5.73 Å². The molecule has 5 amide bonds. The number of nitrogens with one attached hydrogen (secondary N) is 2. The molecule has 4 N–H and O–H groups in total. The number of urea groups is 1. The fourth-order valence-electron chi connectivity index (χ4n) is 4.96. The minimum Gasteiger partial charge on any atom is -0.352 e. The Kier molecular flexibility index (Phi) is 14.7. The van der Waals surface area contributed by atoms with Gasteiger partial charge in [0, 0.05) is 44.7 Å². The van der Waals surface area contributed by atoms with Gasteiger partial charge in [-0.05, 0) is 50.3 Å². The first-order chi connectivity index (χ1) is 19.9. The van der Waals surface area contributed by atoms with Gasteiger partial charge in [-0.3, -0.25) is 28.9 Å². The molecule has 42 heavy (non-hydrogen) atoms. The number of unbranched alkanes of at least 4 members (excludes halogenated alkanes) is 2. The summed E-state index contributed by atoms with van der Waals surface area (Å²) in [4.78, 5) is 76.0. The average molecular weight is 603 g/mol. The first-order valence-corrected chi connectivity index (χ1v) is 16.0. The maximum Gasteiger partial charge on any atom is 0.312 e. The maximum absolute atomic E-state index is 13.3. The largest absolute Gasteiger partial charge is 0.352 e. The first kappa shape index (κ1) is 35.0. The van der Waals surface area contributed by atoms with Crippen molar-refractivity contribution < 1.29 is 28.8 Å². The van der Waals surface area contributed by atoms with Crippen LogP contribution in [0.2, 0.25) is 0 Å². The fraction of sp³-hybridized carbons (Fsp3) is 0.613. The van der Waals surface area contributed by atoms with Crippen LogP contribution < -0.4 is 16.4 Å².